The van der Waals surface area contributed by atoms with E-state index >= 15 is 0 Å². The first-order chi connectivity index (χ1) is 11.6. The van der Waals surface area contributed by atoms with Gasteiger partial charge in [0.2, 0.25) is 0 Å². The van der Waals surface area contributed by atoms with Crippen molar-refractivity contribution in [3.05, 3.63) is 35.4 Å². The fourth-order valence-electron chi connectivity index (χ4n) is 3.97. The molecule has 1 saturated heterocycles. The van der Waals surface area contributed by atoms with E-state index in [0.717, 1.165) is 44.8 Å². The molecule has 132 valence electrons. The fraction of sp³-hybridized carbons (Fsp3) is 0.650. The number of aliphatic carboxylic acids is 1. The van der Waals surface area contributed by atoms with Crippen LogP contribution in [0.1, 0.15) is 55.6 Å². The largest absolute Gasteiger partial charge is 0.480 e. The van der Waals surface area contributed by atoms with Crippen molar-refractivity contribution in [1.82, 2.24) is 9.80 Å². The molecule has 4 heteroatoms. The van der Waals surface area contributed by atoms with E-state index in [9.17, 15) is 4.79 Å². The van der Waals surface area contributed by atoms with Crippen molar-refractivity contribution in [2.75, 3.05) is 26.7 Å². The molecule has 3 rings (SSSR count). The zero-order valence-electron chi connectivity index (χ0n) is 14.8. The summed E-state index contributed by atoms with van der Waals surface area (Å²) in [5.41, 5.74) is 2.91. The van der Waals surface area contributed by atoms with Crippen molar-refractivity contribution in [1.29, 1.82) is 0 Å². The molecule has 1 aromatic carbocycles. The molecule has 24 heavy (non-hydrogen) atoms. The highest BCUT2D eigenvalue weighted by Crippen LogP contribution is 2.36. The summed E-state index contributed by atoms with van der Waals surface area (Å²) in [6.45, 7) is 3.33. The van der Waals surface area contributed by atoms with Gasteiger partial charge < -0.3 is 5.11 Å². The van der Waals surface area contributed by atoms with Gasteiger partial charge in [-0.2, -0.15) is 0 Å². The van der Waals surface area contributed by atoms with Crippen LogP contribution < -0.4 is 0 Å². The van der Waals surface area contributed by atoms with Gasteiger partial charge in [-0.1, -0.05) is 30.7 Å². The van der Waals surface area contributed by atoms with Gasteiger partial charge in [0.15, 0.2) is 0 Å². The second kappa shape index (κ2) is 8.13. The highest BCUT2D eigenvalue weighted by atomic mass is 16.4. The molecule has 4 nitrogen and oxygen atoms in total. The van der Waals surface area contributed by atoms with Gasteiger partial charge in [-0.15, -0.1) is 0 Å². The number of carboxylic acids is 1. The van der Waals surface area contributed by atoms with Crippen LogP contribution in [0.2, 0.25) is 0 Å². The van der Waals surface area contributed by atoms with E-state index in [1.807, 2.05) is 11.9 Å². The zero-order valence-corrected chi connectivity index (χ0v) is 14.8. The van der Waals surface area contributed by atoms with Gasteiger partial charge in [0.1, 0.15) is 0 Å². The Bertz CT molecular complexity index is 539. The third-order valence-corrected chi connectivity index (χ3v) is 5.76. The molecule has 1 aliphatic heterocycles. The van der Waals surface area contributed by atoms with Crippen molar-refractivity contribution in [2.45, 2.75) is 57.0 Å². The van der Waals surface area contributed by atoms with Crippen LogP contribution in [-0.2, 0) is 11.3 Å². The third-order valence-electron chi connectivity index (χ3n) is 5.76. The molecule has 0 radical (unpaired) electrons. The standard InChI is InChI=1S/C20H30N2O2/c1-21(15-20(23)24)19-6-3-12-22(13-11-19)14-16-7-9-18(10-8-16)17-4-2-5-17/h7-10,17,19H,2-6,11-15H2,1H3,(H,23,24). The zero-order chi connectivity index (χ0) is 16.9. The minimum atomic E-state index is -0.731. The molecule has 1 aliphatic carbocycles. The lowest BCUT2D eigenvalue weighted by atomic mass is 9.80. The SMILES string of the molecule is CN(CC(=O)O)C1CCCN(Cc2ccc(C3CCC3)cc2)CC1. The van der Waals surface area contributed by atoms with Gasteiger partial charge in [0.25, 0.3) is 0 Å². The van der Waals surface area contributed by atoms with E-state index in [0.29, 0.717) is 6.04 Å². The lowest BCUT2D eigenvalue weighted by Gasteiger charge is -2.26. The van der Waals surface area contributed by atoms with E-state index in [1.54, 1.807) is 0 Å². The van der Waals surface area contributed by atoms with Gasteiger partial charge in [-0.3, -0.25) is 14.6 Å². The first-order valence-corrected chi connectivity index (χ1v) is 9.35. The predicted molar refractivity (Wildman–Crippen MR) is 96.2 cm³/mol. The summed E-state index contributed by atoms with van der Waals surface area (Å²) in [5, 5.41) is 8.96. The molecule has 1 atom stereocenters. The lowest BCUT2D eigenvalue weighted by molar-refractivity contribution is -0.138. The number of hydrogen-bond acceptors (Lipinski definition) is 3. The van der Waals surface area contributed by atoms with Crippen LogP contribution in [0.4, 0.5) is 0 Å². The molecule has 2 fully saturated rings. The van der Waals surface area contributed by atoms with Crippen molar-refractivity contribution in [2.24, 2.45) is 0 Å². The molecular weight excluding hydrogens is 300 g/mol. The minimum absolute atomic E-state index is 0.146. The summed E-state index contributed by atoms with van der Waals surface area (Å²) in [5.74, 6) is 0.0768. The predicted octanol–water partition coefficient (Wildman–Crippen LogP) is 3.33. The second-order valence-electron chi connectivity index (χ2n) is 7.54. The molecule has 2 aliphatic rings. The van der Waals surface area contributed by atoms with Crippen LogP contribution in [0.5, 0.6) is 0 Å². The monoisotopic (exact) mass is 330 g/mol. The molecule has 0 aromatic heterocycles. The smallest absolute Gasteiger partial charge is 0.317 e. The Morgan fingerprint density at radius 2 is 1.88 bits per heavy atom. The topological polar surface area (TPSA) is 43.8 Å². The summed E-state index contributed by atoms with van der Waals surface area (Å²) in [7, 11) is 1.94. The van der Waals surface area contributed by atoms with Crippen molar-refractivity contribution >= 4 is 5.97 Å². The van der Waals surface area contributed by atoms with E-state index in [1.165, 1.54) is 30.4 Å². The summed E-state index contributed by atoms with van der Waals surface area (Å²) in [6.07, 6.45) is 7.41. The molecule has 1 heterocycles. The average molecular weight is 330 g/mol. The molecule has 1 aromatic rings. The number of benzene rings is 1. The van der Waals surface area contributed by atoms with Gasteiger partial charge in [-0.05, 0) is 69.3 Å². The van der Waals surface area contributed by atoms with E-state index in [4.69, 9.17) is 5.11 Å². The number of carboxylic acid groups (broad SMARTS) is 1. The van der Waals surface area contributed by atoms with Gasteiger partial charge in [0, 0.05) is 12.6 Å². The molecule has 0 amide bonds. The van der Waals surface area contributed by atoms with Gasteiger partial charge in [0.05, 0.1) is 6.54 Å². The van der Waals surface area contributed by atoms with Crippen LogP contribution >= 0.6 is 0 Å². The molecule has 0 bridgehead atoms. The van der Waals surface area contributed by atoms with Gasteiger partial charge >= 0.3 is 5.97 Å². The van der Waals surface area contributed by atoms with E-state index in [-0.39, 0.29) is 6.54 Å². The maximum Gasteiger partial charge on any atom is 0.317 e. The Kier molecular flexibility index (Phi) is 5.90. The minimum Gasteiger partial charge on any atom is -0.480 e. The highest BCUT2D eigenvalue weighted by molar-refractivity contribution is 5.69. The summed E-state index contributed by atoms with van der Waals surface area (Å²) in [6, 6.07) is 9.63. The Hall–Kier alpha value is -1.39. The number of likely N-dealkylation sites (N-methyl/N-ethyl adjacent to an activating group) is 1. The van der Waals surface area contributed by atoms with Crippen LogP contribution in [0.15, 0.2) is 24.3 Å². The highest BCUT2D eigenvalue weighted by Gasteiger charge is 2.22. The normalized spacial score (nSPS) is 23.0. The van der Waals surface area contributed by atoms with Crippen LogP contribution in [0.3, 0.4) is 0 Å². The van der Waals surface area contributed by atoms with E-state index in [2.05, 4.69) is 29.2 Å². The van der Waals surface area contributed by atoms with Crippen molar-refractivity contribution < 1.29 is 9.90 Å². The number of carbonyl (C=O) groups is 1. The van der Waals surface area contributed by atoms with Crippen molar-refractivity contribution in [3.8, 4) is 0 Å². The van der Waals surface area contributed by atoms with Crippen molar-refractivity contribution in [3.63, 3.8) is 0 Å². The maximum atomic E-state index is 10.9. The summed E-state index contributed by atoms with van der Waals surface area (Å²) in [4.78, 5) is 15.4. The Labute approximate surface area is 145 Å². The number of rotatable bonds is 6. The quantitative estimate of drug-likeness (QED) is 0.869. The summed E-state index contributed by atoms with van der Waals surface area (Å²) >= 11 is 0. The fourth-order valence-corrected chi connectivity index (χ4v) is 3.97. The van der Waals surface area contributed by atoms with Gasteiger partial charge in [-0.25, -0.2) is 0 Å². The van der Waals surface area contributed by atoms with E-state index < -0.39 is 5.97 Å². The molecule has 1 N–H and O–H groups in total. The Balaban J connectivity index is 1.50. The number of hydrogen-bond donors (Lipinski definition) is 1. The molecule has 1 unspecified atom stereocenters. The average Bonchev–Trinajstić information content (AvgIpc) is 2.72. The number of nitrogens with zero attached hydrogens (tertiary/aromatic N) is 2. The Morgan fingerprint density at radius 3 is 2.50 bits per heavy atom. The molecule has 1 saturated carbocycles. The third kappa shape index (κ3) is 4.58. The number of likely N-dealkylation sites (tertiary alicyclic amines) is 1. The van der Waals surface area contributed by atoms with Crippen LogP contribution in [0, 0.1) is 0 Å². The molecular formula is C20H30N2O2. The lowest BCUT2D eigenvalue weighted by Crippen LogP contribution is -2.36. The molecule has 0 spiro atoms. The summed E-state index contributed by atoms with van der Waals surface area (Å²) < 4.78 is 0. The maximum absolute atomic E-state index is 10.9. The van der Waals surface area contributed by atoms with Crippen LogP contribution in [0.25, 0.3) is 0 Å². The first-order valence-electron chi connectivity index (χ1n) is 9.35. The van der Waals surface area contributed by atoms with Crippen LogP contribution in [-0.4, -0.2) is 53.6 Å². The second-order valence-corrected chi connectivity index (χ2v) is 7.54. The first kappa shape index (κ1) is 17.4. The Morgan fingerprint density at radius 1 is 1.12 bits per heavy atom.